The largest absolute Gasteiger partial charge is 0.382 e. The van der Waals surface area contributed by atoms with Gasteiger partial charge >= 0.3 is 0 Å². The summed E-state index contributed by atoms with van der Waals surface area (Å²) < 4.78 is 0. The zero-order valence-electron chi connectivity index (χ0n) is 9.13. The van der Waals surface area contributed by atoms with E-state index in [0.717, 1.165) is 11.4 Å². The highest BCUT2D eigenvalue weighted by atomic mass is 16.1. The third-order valence-corrected chi connectivity index (χ3v) is 2.49. The Hall–Kier alpha value is -1.51. The van der Waals surface area contributed by atoms with Gasteiger partial charge in [-0.25, -0.2) is 0 Å². The number of hydrogen-bond acceptors (Lipinski definition) is 2. The van der Waals surface area contributed by atoms with Crippen LogP contribution in [-0.4, -0.2) is 11.9 Å². The first-order chi connectivity index (χ1) is 7.15. The predicted molar refractivity (Wildman–Crippen MR) is 62.1 cm³/mol. The molecule has 15 heavy (non-hydrogen) atoms. The van der Waals surface area contributed by atoms with E-state index in [9.17, 15) is 4.79 Å². The number of rotatable bonds is 3. The normalized spacial score (nSPS) is 14.8. The van der Waals surface area contributed by atoms with Crippen LogP contribution in [0.4, 0.5) is 11.4 Å². The molecular weight excluding hydrogens is 188 g/mol. The second kappa shape index (κ2) is 3.93. The number of aryl methyl sites for hydroxylation is 1. The number of nitrogens with one attached hydrogen (secondary N) is 2. The van der Waals surface area contributed by atoms with Gasteiger partial charge < -0.3 is 10.6 Å². The molecule has 2 rings (SSSR count). The molecule has 0 bridgehead atoms. The highest BCUT2D eigenvalue weighted by Crippen LogP contribution is 2.28. The predicted octanol–water partition coefficient (Wildman–Crippen LogP) is 2.53. The highest BCUT2D eigenvalue weighted by Gasteiger charge is 2.21. The van der Waals surface area contributed by atoms with Crippen LogP contribution in [0.1, 0.15) is 25.3 Å². The van der Waals surface area contributed by atoms with Crippen LogP contribution < -0.4 is 10.6 Å². The van der Waals surface area contributed by atoms with E-state index in [0.29, 0.717) is 6.04 Å². The summed E-state index contributed by atoms with van der Waals surface area (Å²) in [6.07, 6.45) is 2.51. The summed E-state index contributed by atoms with van der Waals surface area (Å²) in [7, 11) is 0. The summed E-state index contributed by atoms with van der Waals surface area (Å²) >= 11 is 0. The summed E-state index contributed by atoms with van der Waals surface area (Å²) in [6.45, 7) is 3.59. The molecule has 1 aromatic rings. The molecule has 2 N–H and O–H groups in total. The van der Waals surface area contributed by atoms with Gasteiger partial charge in [-0.3, -0.25) is 4.79 Å². The summed E-state index contributed by atoms with van der Waals surface area (Å²) in [5, 5.41) is 6.23. The SMILES string of the molecule is CC(=O)Nc1ccc(C)c(NC2CC2)c1. The van der Waals surface area contributed by atoms with Crippen molar-refractivity contribution in [3.05, 3.63) is 23.8 Å². The van der Waals surface area contributed by atoms with Crippen LogP contribution in [0.3, 0.4) is 0 Å². The molecule has 1 aromatic carbocycles. The standard InChI is InChI=1S/C12H16N2O/c1-8-3-4-11(13-9(2)15)7-12(8)14-10-5-6-10/h3-4,7,10,14H,5-6H2,1-2H3,(H,13,15). The molecule has 0 unspecified atom stereocenters. The fraction of sp³-hybridized carbons (Fsp3) is 0.417. The average molecular weight is 204 g/mol. The minimum Gasteiger partial charge on any atom is -0.382 e. The number of carbonyl (C=O) groups excluding carboxylic acids is 1. The molecule has 3 nitrogen and oxygen atoms in total. The van der Waals surface area contributed by atoms with E-state index in [1.807, 2.05) is 18.2 Å². The Labute approximate surface area is 89.9 Å². The van der Waals surface area contributed by atoms with Gasteiger partial charge in [-0.2, -0.15) is 0 Å². The molecule has 1 amide bonds. The summed E-state index contributed by atoms with van der Waals surface area (Å²) in [5.41, 5.74) is 3.20. The Morgan fingerprint density at radius 1 is 1.40 bits per heavy atom. The van der Waals surface area contributed by atoms with Crippen LogP contribution in [0, 0.1) is 6.92 Å². The van der Waals surface area contributed by atoms with Gasteiger partial charge in [-0.15, -0.1) is 0 Å². The van der Waals surface area contributed by atoms with Crippen molar-refractivity contribution in [3.8, 4) is 0 Å². The van der Waals surface area contributed by atoms with Crippen LogP contribution >= 0.6 is 0 Å². The molecule has 1 saturated carbocycles. The number of anilines is 2. The number of amides is 1. The van der Waals surface area contributed by atoms with Gasteiger partial charge in [-0.05, 0) is 37.5 Å². The van der Waals surface area contributed by atoms with Crippen LogP contribution in [0.15, 0.2) is 18.2 Å². The first kappa shape index (κ1) is 10.0. The maximum absolute atomic E-state index is 10.9. The molecule has 0 aliphatic heterocycles. The minimum absolute atomic E-state index is 0.0313. The molecule has 3 heteroatoms. The van der Waals surface area contributed by atoms with Gasteiger partial charge in [0.1, 0.15) is 0 Å². The van der Waals surface area contributed by atoms with Crippen LogP contribution in [0.2, 0.25) is 0 Å². The van der Waals surface area contributed by atoms with E-state index in [1.165, 1.54) is 25.3 Å². The quantitative estimate of drug-likeness (QED) is 0.794. The third kappa shape index (κ3) is 2.72. The lowest BCUT2D eigenvalue weighted by atomic mass is 10.1. The number of hydrogen-bond donors (Lipinski definition) is 2. The van der Waals surface area contributed by atoms with Gasteiger partial charge in [0.15, 0.2) is 0 Å². The molecule has 0 atom stereocenters. The van der Waals surface area contributed by atoms with E-state index in [2.05, 4.69) is 17.6 Å². The molecule has 0 heterocycles. The van der Waals surface area contributed by atoms with Crippen LogP contribution in [0.5, 0.6) is 0 Å². The lowest BCUT2D eigenvalue weighted by molar-refractivity contribution is -0.114. The van der Waals surface area contributed by atoms with E-state index < -0.39 is 0 Å². The van der Waals surface area contributed by atoms with E-state index in [1.54, 1.807) is 0 Å². The zero-order valence-corrected chi connectivity index (χ0v) is 9.13. The monoisotopic (exact) mass is 204 g/mol. The first-order valence-electron chi connectivity index (χ1n) is 5.30. The van der Waals surface area contributed by atoms with Crippen molar-refractivity contribution < 1.29 is 4.79 Å². The number of carbonyl (C=O) groups is 1. The van der Waals surface area contributed by atoms with Gasteiger partial charge in [0.2, 0.25) is 5.91 Å². The third-order valence-electron chi connectivity index (χ3n) is 2.49. The van der Waals surface area contributed by atoms with E-state index >= 15 is 0 Å². The second-order valence-corrected chi connectivity index (χ2v) is 4.13. The van der Waals surface area contributed by atoms with Crippen LogP contribution in [-0.2, 0) is 4.79 Å². The van der Waals surface area contributed by atoms with Gasteiger partial charge in [0.25, 0.3) is 0 Å². The number of benzene rings is 1. The van der Waals surface area contributed by atoms with Gasteiger partial charge in [0.05, 0.1) is 0 Å². The Bertz CT molecular complexity index is 383. The fourth-order valence-electron chi connectivity index (χ4n) is 1.51. The smallest absolute Gasteiger partial charge is 0.221 e. The average Bonchev–Trinajstić information content (AvgIpc) is 2.94. The van der Waals surface area contributed by atoms with Crippen molar-refractivity contribution in [2.24, 2.45) is 0 Å². The Kier molecular flexibility index (Phi) is 2.62. The maximum atomic E-state index is 10.9. The molecule has 0 spiro atoms. The van der Waals surface area contributed by atoms with Crippen molar-refractivity contribution in [2.45, 2.75) is 32.7 Å². The molecule has 0 aromatic heterocycles. The molecule has 0 saturated heterocycles. The van der Waals surface area contributed by atoms with Gasteiger partial charge in [-0.1, -0.05) is 6.07 Å². The first-order valence-corrected chi connectivity index (χ1v) is 5.30. The van der Waals surface area contributed by atoms with Crippen molar-refractivity contribution in [3.63, 3.8) is 0 Å². The van der Waals surface area contributed by atoms with E-state index in [4.69, 9.17) is 0 Å². The van der Waals surface area contributed by atoms with Crippen LogP contribution in [0.25, 0.3) is 0 Å². The second-order valence-electron chi connectivity index (χ2n) is 4.13. The summed E-state index contributed by atoms with van der Waals surface area (Å²) in [6, 6.07) is 6.58. The Morgan fingerprint density at radius 3 is 2.73 bits per heavy atom. The van der Waals surface area contributed by atoms with Crippen molar-refractivity contribution in [1.29, 1.82) is 0 Å². The highest BCUT2D eigenvalue weighted by molar-refractivity contribution is 5.89. The Morgan fingerprint density at radius 2 is 2.13 bits per heavy atom. The lowest BCUT2D eigenvalue weighted by Gasteiger charge is -2.10. The van der Waals surface area contributed by atoms with Crippen molar-refractivity contribution in [1.82, 2.24) is 0 Å². The molecule has 80 valence electrons. The van der Waals surface area contributed by atoms with E-state index in [-0.39, 0.29) is 5.91 Å². The summed E-state index contributed by atoms with van der Waals surface area (Å²) in [5.74, 6) is -0.0313. The fourth-order valence-corrected chi connectivity index (χ4v) is 1.51. The molecule has 1 fully saturated rings. The van der Waals surface area contributed by atoms with Gasteiger partial charge in [0, 0.05) is 24.3 Å². The minimum atomic E-state index is -0.0313. The molecular formula is C12H16N2O. The van der Waals surface area contributed by atoms with Crippen molar-refractivity contribution in [2.75, 3.05) is 10.6 Å². The molecule has 0 radical (unpaired) electrons. The lowest BCUT2D eigenvalue weighted by Crippen LogP contribution is -2.07. The Balaban J connectivity index is 2.15. The summed E-state index contributed by atoms with van der Waals surface area (Å²) in [4.78, 5) is 10.9. The maximum Gasteiger partial charge on any atom is 0.221 e. The molecule has 1 aliphatic carbocycles. The molecule has 1 aliphatic rings. The zero-order chi connectivity index (χ0) is 10.8. The topological polar surface area (TPSA) is 41.1 Å². The van der Waals surface area contributed by atoms with Crippen molar-refractivity contribution >= 4 is 17.3 Å².